The Labute approximate surface area is 221 Å². The fourth-order valence-corrected chi connectivity index (χ4v) is 3.99. The molecule has 4 atom stereocenters. The summed E-state index contributed by atoms with van der Waals surface area (Å²) in [6, 6.07) is 21.4. The second-order valence-corrected chi connectivity index (χ2v) is 8.64. The predicted molar refractivity (Wildman–Crippen MR) is 137 cm³/mol. The topological polar surface area (TPSA) is 102 Å². The minimum atomic E-state index is -1.39. The van der Waals surface area contributed by atoms with Gasteiger partial charge in [-0.15, -0.1) is 0 Å². The maximum absolute atomic E-state index is 12.9. The van der Waals surface area contributed by atoms with Crippen LogP contribution in [0.2, 0.25) is 0 Å². The first-order valence-electron chi connectivity index (χ1n) is 12.1. The van der Waals surface area contributed by atoms with E-state index in [0.29, 0.717) is 11.3 Å². The summed E-state index contributed by atoms with van der Waals surface area (Å²) >= 11 is 0. The molecule has 4 unspecified atom stereocenters. The van der Waals surface area contributed by atoms with Crippen molar-refractivity contribution in [2.45, 2.75) is 37.8 Å². The molecule has 38 heavy (non-hydrogen) atoms. The Morgan fingerprint density at radius 1 is 0.737 bits per heavy atom. The summed E-state index contributed by atoms with van der Waals surface area (Å²) in [6.07, 6.45) is -3.94. The molecule has 1 fully saturated rings. The third-order valence-corrected chi connectivity index (χ3v) is 6.20. The number of ether oxygens (including phenoxy) is 7. The molecule has 0 bridgehead atoms. The molecule has 0 aliphatic carbocycles. The minimum Gasteiger partial charge on any atom is -0.497 e. The molecule has 1 N–H and O–H groups in total. The highest BCUT2D eigenvalue weighted by molar-refractivity contribution is 5.89. The van der Waals surface area contributed by atoms with Gasteiger partial charge in [-0.25, -0.2) is 4.79 Å². The summed E-state index contributed by atoms with van der Waals surface area (Å²) in [7, 11) is 4.75. The fourth-order valence-electron chi connectivity index (χ4n) is 3.99. The highest BCUT2D eigenvalue weighted by Crippen LogP contribution is 2.26. The number of rotatable bonds is 11. The van der Waals surface area contributed by atoms with E-state index in [0.717, 1.165) is 22.6 Å². The van der Waals surface area contributed by atoms with E-state index in [1.807, 2.05) is 48.5 Å². The van der Waals surface area contributed by atoms with Crippen LogP contribution in [0, 0.1) is 0 Å². The molecule has 202 valence electrons. The van der Waals surface area contributed by atoms with Crippen LogP contribution in [0.1, 0.15) is 21.5 Å². The lowest BCUT2D eigenvalue weighted by Crippen LogP contribution is -2.56. The molecule has 0 amide bonds. The number of aliphatic hydroxyl groups excluding tert-OH is 1. The molecule has 0 aromatic heterocycles. The second-order valence-electron chi connectivity index (χ2n) is 8.64. The quantitative estimate of drug-likeness (QED) is 0.376. The SMILES string of the molecule is COc1ccc(COC2COC(O)C(OC(=O)c3ccc(OC)cc3)C2OCc2ccc(OC)cc2)cc1. The summed E-state index contributed by atoms with van der Waals surface area (Å²) in [5, 5.41) is 10.7. The van der Waals surface area contributed by atoms with Gasteiger partial charge in [0.1, 0.15) is 29.5 Å². The van der Waals surface area contributed by atoms with E-state index in [-0.39, 0.29) is 19.8 Å². The Bertz CT molecular complexity index is 1150. The minimum absolute atomic E-state index is 0.0567. The normalized spacial score (nSPS) is 20.9. The monoisotopic (exact) mass is 524 g/mol. The molecule has 0 radical (unpaired) electrons. The standard InChI is InChI=1S/C29H32O9/c1-32-22-10-4-19(5-11-22)16-35-25-18-37-29(31)27(38-28(30)21-8-14-24(34-3)15-9-21)26(25)36-17-20-6-12-23(33-2)13-7-20/h4-15,25-27,29,31H,16-18H2,1-3H3. The molecule has 1 heterocycles. The van der Waals surface area contributed by atoms with Gasteiger partial charge in [0.05, 0.1) is 46.7 Å². The number of methoxy groups -OCH3 is 3. The molecule has 4 rings (SSSR count). The summed E-state index contributed by atoms with van der Waals surface area (Å²) in [5.41, 5.74) is 2.09. The third-order valence-electron chi connectivity index (χ3n) is 6.20. The van der Waals surface area contributed by atoms with Gasteiger partial charge in [0.25, 0.3) is 0 Å². The van der Waals surface area contributed by atoms with Crippen LogP contribution in [0.3, 0.4) is 0 Å². The first kappa shape index (κ1) is 27.4. The second kappa shape index (κ2) is 13.3. The van der Waals surface area contributed by atoms with Gasteiger partial charge in [-0.3, -0.25) is 0 Å². The lowest BCUT2D eigenvalue weighted by atomic mass is 10.0. The molecule has 1 saturated heterocycles. The van der Waals surface area contributed by atoms with E-state index >= 15 is 0 Å². The molecule has 3 aromatic rings. The van der Waals surface area contributed by atoms with Crippen molar-refractivity contribution in [2.24, 2.45) is 0 Å². The van der Waals surface area contributed by atoms with E-state index in [9.17, 15) is 9.90 Å². The van der Waals surface area contributed by atoms with Crippen molar-refractivity contribution in [1.29, 1.82) is 0 Å². The summed E-state index contributed by atoms with van der Waals surface area (Å²) < 4.78 is 39.2. The van der Waals surface area contributed by atoms with Crippen LogP contribution in [-0.2, 0) is 32.2 Å². The maximum atomic E-state index is 12.9. The lowest BCUT2D eigenvalue weighted by molar-refractivity contribution is -0.272. The number of carbonyl (C=O) groups excluding carboxylic acids is 1. The fraction of sp³-hybridized carbons (Fsp3) is 0.345. The highest BCUT2D eigenvalue weighted by atomic mass is 16.7. The van der Waals surface area contributed by atoms with E-state index in [1.165, 1.54) is 0 Å². The van der Waals surface area contributed by atoms with Gasteiger partial charge in [-0.1, -0.05) is 24.3 Å². The van der Waals surface area contributed by atoms with Gasteiger partial charge < -0.3 is 38.3 Å². The van der Waals surface area contributed by atoms with Crippen molar-refractivity contribution in [2.75, 3.05) is 27.9 Å². The van der Waals surface area contributed by atoms with Crippen LogP contribution in [0.4, 0.5) is 0 Å². The first-order valence-corrected chi connectivity index (χ1v) is 12.1. The van der Waals surface area contributed by atoms with Crippen molar-refractivity contribution >= 4 is 5.97 Å². The average molecular weight is 525 g/mol. The van der Waals surface area contributed by atoms with Gasteiger partial charge in [-0.05, 0) is 59.7 Å². The molecule has 9 heteroatoms. The Kier molecular flexibility index (Phi) is 9.56. The van der Waals surface area contributed by atoms with E-state index in [4.69, 9.17) is 33.2 Å². The highest BCUT2D eigenvalue weighted by Gasteiger charge is 2.44. The van der Waals surface area contributed by atoms with E-state index < -0.39 is 30.6 Å². The van der Waals surface area contributed by atoms with Crippen LogP contribution >= 0.6 is 0 Å². The zero-order valence-corrected chi connectivity index (χ0v) is 21.6. The van der Waals surface area contributed by atoms with E-state index in [1.54, 1.807) is 45.6 Å². The largest absolute Gasteiger partial charge is 0.497 e. The smallest absolute Gasteiger partial charge is 0.338 e. The molecule has 3 aromatic carbocycles. The third kappa shape index (κ3) is 7.02. The molecule has 1 aliphatic rings. The number of esters is 1. The van der Waals surface area contributed by atoms with Crippen molar-refractivity contribution in [3.63, 3.8) is 0 Å². The van der Waals surface area contributed by atoms with Crippen molar-refractivity contribution in [3.8, 4) is 17.2 Å². The number of aliphatic hydroxyl groups is 1. The van der Waals surface area contributed by atoms with Gasteiger partial charge >= 0.3 is 5.97 Å². The van der Waals surface area contributed by atoms with Crippen molar-refractivity contribution < 1.29 is 43.1 Å². The van der Waals surface area contributed by atoms with Gasteiger partial charge in [0, 0.05) is 0 Å². The maximum Gasteiger partial charge on any atom is 0.338 e. The Balaban J connectivity index is 1.50. The first-order chi connectivity index (χ1) is 18.5. The number of benzene rings is 3. The predicted octanol–water partition coefficient (Wildman–Crippen LogP) is 3.76. The zero-order valence-electron chi connectivity index (χ0n) is 21.6. The van der Waals surface area contributed by atoms with Gasteiger partial charge in [-0.2, -0.15) is 0 Å². The molecule has 9 nitrogen and oxygen atoms in total. The lowest BCUT2D eigenvalue weighted by Gasteiger charge is -2.39. The van der Waals surface area contributed by atoms with E-state index in [2.05, 4.69) is 0 Å². The van der Waals surface area contributed by atoms with Crippen molar-refractivity contribution in [1.82, 2.24) is 0 Å². The Morgan fingerprint density at radius 2 is 1.21 bits per heavy atom. The molecule has 0 saturated carbocycles. The van der Waals surface area contributed by atoms with Crippen LogP contribution < -0.4 is 14.2 Å². The van der Waals surface area contributed by atoms with Crippen molar-refractivity contribution in [3.05, 3.63) is 89.5 Å². The van der Waals surface area contributed by atoms with Crippen LogP contribution in [-0.4, -0.2) is 63.6 Å². The zero-order chi connectivity index (χ0) is 26.9. The molecular weight excluding hydrogens is 492 g/mol. The van der Waals surface area contributed by atoms with Gasteiger partial charge in [0.2, 0.25) is 0 Å². The van der Waals surface area contributed by atoms with Crippen LogP contribution in [0.25, 0.3) is 0 Å². The average Bonchev–Trinajstić information content (AvgIpc) is 2.97. The molecular formula is C29H32O9. The number of hydrogen-bond donors (Lipinski definition) is 1. The molecule has 0 spiro atoms. The van der Waals surface area contributed by atoms with Gasteiger partial charge in [0.15, 0.2) is 12.4 Å². The number of carbonyl (C=O) groups is 1. The summed E-state index contributed by atoms with van der Waals surface area (Å²) in [6.45, 7) is 0.511. The van der Waals surface area contributed by atoms with Crippen LogP contribution in [0.5, 0.6) is 17.2 Å². The number of hydrogen-bond acceptors (Lipinski definition) is 9. The summed E-state index contributed by atoms with van der Waals surface area (Å²) in [4.78, 5) is 12.9. The summed E-state index contributed by atoms with van der Waals surface area (Å²) in [5.74, 6) is 1.44. The Morgan fingerprint density at radius 3 is 1.71 bits per heavy atom. The molecule has 1 aliphatic heterocycles. The Hall–Kier alpha value is -3.63. The van der Waals surface area contributed by atoms with Crippen LogP contribution in [0.15, 0.2) is 72.8 Å².